The van der Waals surface area contributed by atoms with Gasteiger partial charge in [0.05, 0.1) is 6.10 Å². The average molecular weight is 265 g/mol. The fourth-order valence-electron chi connectivity index (χ4n) is 2.22. The van der Waals surface area contributed by atoms with Gasteiger partial charge in [-0.2, -0.15) is 0 Å². The monoisotopic (exact) mass is 265 g/mol. The molecule has 3 nitrogen and oxygen atoms in total. The maximum atomic E-state index is 10.0. The standard InChI is InChI=1S/C16H27NO2/c1-4-12(2)9-13(3)10-17-11-16(19)14-5-7-15(18)8-6-14/h5-8,12-13,16-19H,4,9-11H2,1-3H3/t12?,13-,16?/m1/s1. The van der Waals surface area contributed by atoms with Crippen molar-refractivity contribution in [2.24, 2.45) is 11.8 Å². The first-order valence-electron chi connectivity index (χ1n) is 7.20. The molecule has 2 unspecified atom stereocenters. The highest BCUT2D eigenvalue weighted by molar-refractivity contribution is 5.27. The second-order valence-electron chi connectivity index (χ2n) is 5.62. The fraction of sp³-hybridized carbons (Fsp3) is 0.625. The second kappa shape index (κ2) is 8.18. The van der Waals surface area contributed by atoms with E-state index in [-0.39, 0.29) is 5.75 Å². The minimum atomic E-state index is -0.517. The number of rotatable bonds is 8. The Hall–Kier alpha value is -1.06. The highest BCUT2D eigenvalue weighted by atomic mass is 16.3. The van der Waals surface area contributed by atoms with Crippen LogP contribution in [0.15, 0.2) is 24.3 Å². The Morgan fingerprint density at radius 2 is 1.68 bits per heavy atom. The van der Waals surface area contributed by atoms with Crippen LogP contribution in [-0.4, -0.2) is 23.3 Å². The molecule has 1 aromatic rings. The van der Waals surface area contributed by atoms with Gasteiger partial charge in [0, 0.05) is 6.54 Å². The number of phenolic OH excluding ortho intramolecular Hbond substituents is 1. The van der Waals surface area contributed by atoms with Gasteiger partial charge < -0.3 is 15.5 Å². The number of phenols is 1. The van der Waals surface area contributed by atoms with Crippen LogP contribution < -0.4 is 5.32 Å². The molecule has 0 spiro atoms. The van der Waals surface area contributed by atoms with Crippen molar-refractivity contribution in [1.29, 1.82) is 0 Å². The summed E-state index contributed by atoms with van der Waals surface area (Å²) in [6.45, 7) is 8.22. The molecular formula is C16H27NO2. The van der Waals surface area contributed by atoms with E-state index in [1.54, 1.807) is 24.3 Å². The molecule has 0 bridgehead atoms. The van der Waals surface area contributed by atoms with Crippen molar-refractivity contribution < 1.29 is 10.2 Å². The molecule has 108 valence electrons. The molecule has 0 fully saturated rings. The molecule has 0 amide bonds. The first-order valence-corrected chi connectivity index (χ1v) is 7.20. The Labute approximate surface area is 116 Å². The van der Waals surface area contributed by atoms with Gasteiger partial charge in [-0.15, -0.1) is 0 Å². The summed E-state index contributed by atoms with van der Waals surface area (Å²) in [4.78, 5) is 0. The van der Waals surface area contributed by atoms with Crippen LogP contribution in [0, 0.1) is 11.8 Å². The van der Waals surface area contributed by atoms with Gasteiger partial charge in [0.2, 0.25) is 0 Å². The summed E-state index contributed by atoms with van der Waals surface area (Å²) in [6.07, 6.45) is 1.93. The van der Waals surface area contributed by atoms with E-state index in [1.807, 2.05) is 0 Å². The fourth-order valence-corrected chi connectivity index (χ4v) is 2.22. The summed E-state index contributed by atoms with van der Waals surface area (Å²) in [5.41, 5.74) is 0.833. The molecule has 1 rings (SSSR count). The lowest BCUT2D eigenvalue weighted by Gasteiger charge is -2.18. The molecule has 0 radical (unpaired) electrons. The molecule has 0 aromatic heterocycles. The van der Waals surface area contributed by atoms with Crippen molar-refractivity contribution in [3.05, 3.63) is 29.8 Å². The van der Waals surface area contributed by atoms with E-state index in [2.05, 4.69) is 26.1 Å². The second-order valence-corrected chi connectivity index (χ2v) is 5.62. The van der Waals surface area contributed by atoms with Crippen LogP contribution in [0.2, 0.25) is 0 Å². The molecule has 3 N–H and O–H groups in total. The minimum Gasteiger partial charge on any atom is -0.508 e. The third kappa shape index (κ3) is 6.08. The smallest absolute Gasteiger partial charge is 0.115 e. The van der Waals surface area contributed by atoms with E-state index < -0.39 is 6.10 Å². The first kappa shape index (κ1) is 16.0. The number of aliphatic hydroxyl groups is 1. The lowest BCUT2D eigenvalue weighted by Crippen LogP contribution is -2.27. The van der Waals surface area contributed by atoms with Crippen molar-refractivity contribution in [1.82, 2.24) is 5.32 Å². The van der Waals surface area contributed by atoms with Crippen molar-refractivity contribution in [3.8, 4) is 5.75 Å². The lowest BCUT2D eigenvalue weighted by atomic mass is 9.95. The number of benzene rings is 1. The molecule has 3 heteroatoms. The summed E-state index contributed by atoms with van der Waals surface area (Å²) in [5.74, 6) is 1.62. The SMILES string of the molecule is CCC(C)C[C@@H](C)CNCC(O)c1ccc(O)cc1. The first-order chi connectivity index (χ1) is 9.02. The van der Waals surface area contributed by atoms with E-state index in [0.717, 1.165) is 18.0 Å². The van der Waals surface area contributed by atoms with Gasteiger partial charge in [0.15, 0.2) is 0 Å². The Kier molecular flexibility index (Phi) is 6.89. The molecular weight excluding hydrogens is 238 g/mol. The number of nitrogens with one attached hydrogen (secondary N) is 1. The van der Waals surface area contributed by atoms with Gasteiger partial charge in [-0.3, -0.25) is 0 Å². The zero-order valence-electron chi connectivity index (χ0n) is 12.3. The van der Waals surface area contributed by atoms with Crippen molar-refractivity contribution in [2.75, 3.05) is 13.1 Å². The predicted octanol–water partition coefficient (Wildman–Crippen LogP) is 3.09. The van der Waals surface area contributed by atoms with Gasteiger partial charge >= 0.3 is 0 Å². The van der Waals surface area contributed by atoms with E-state index in [4.69, 9.17) is 0 Å². The molecule has 1 aromatic carbocycles. The van der Waals surface area contributed by atoms with Crippen molar-refractivity contribution >= 4 is 0 Å². The van der Waals surface area contributed by atoms with Crippen LogP contribution in [0.1, 0.15) is 45.3 Å². The number of hydrogen-bond donors (Lipinski definition) is 3. The van der Waals surface area contributed by atoms with Gasteiger partial charge in [-0.05, 0) is 42.5 Å². The van der Waals surface area contributed by atoms with Crippen molar-refractivity contribution in [2.45, 2.75) is 39.7 Å². The van der Waals surface area contributed by atoms with E-state index >= 15 is 0 Å². The highest BCUT2D eigenvalue weighted by Crippen LogP contribution is 2.17. The molecule has 0 aliphatic heterocycles. The summed E-state index contributed by atoms with van der Waals surface area (Å²) in [6, 6.07) is 6.71. The third-order valence-electron chi connectivity index (χ3n) is 3.61. The van der Waals surface area contributed by atoms with E-state index in [9.17, 15) is 10.2 Å². The Morgan fingerprint density at radius 1 is 1.05 bits per heavy atom. The number of aromatic hydroxyl groups is 1. The van der Waals surface area contributed by atoms with Crippen LogP contribution in [-0.2, 0) is 0 Å². The quantitative estimate of drug-likeness (QED) is 0.677. The topological polar surface area (TPSA) is 52.5 Å². The third-order valence-corrected chi connectivity index (χ3v) is 3.61. The minimum absolute atomic E-state index is 0.228. The Balaban J connectivity index is 2.27. The number of hydrogen-bond acceptors (Lipinski definition) is 3. The van der Waals surface area contributed by atoms with Gasteiger partial charge in [-0.25, -0.2) is 0 Å². The van der Waals surface area contributed by atoms with Crippen LogP contribution in [0.3, 0.4) is 0 Å². The number of aliphatic hydroxyl groups excluding tert-OH is 1. The molecule has 0 aliphatic carbocycles. The predicted molar refractivity (Wildman–Crippen MR) is 79.2 cm³/mol. The maximum Gasteiger partial charge on any atom is 0.115 e. The molecule has 3 atom stereocenters. The summed E-state index contributed by atoms with van der Waals surface area (Å²) >= 11 is 0. The Morgan fingerprint density at radius 3 is 2.26 bits per heavy atom. The van der Waals surface area contributed by atoms with Gasteiger partial charge in [0.25, 0.3) is 0 Å². The summed E-state index contributed by atoms with van der Waals surface area (Å²) in [5, 5.41) is 22.5. The van der Waals surface area contributed by atoms with Crippen LogP contribution >= 0.6 is 0 Å². The molecule has 0 aliphatic rings. The van der Waals surface area contributed by atoms with E-state index in [0.29, 0.717) is 12.5 Å². The molecule has 0 saturated heterocycles. The summed E-state index contributed by atoms with van der Waals surface area (Å²) < 4.78 is 0. The van der Waals surface area contributed by atoms with E-state index in [1.165, 1.54) is 12.8 Å². The summed E-state index contributed by atoms with van der Waals surface area (Å²) in [7, 11) is 0. The normalized spacial score (nSPS) is 16.0. The van der Waals surface area contributed by atoms with Crippen LogP contribution in [0.4, 0.5) is 0 Å². The zero-order valence-corrected chi connectivity index (χ0v) is 12.3. The molecule has 19 heavy (non-hydrogen) atoms. The average Bonchev–Trinajstić information content (AvgIpc) is 2.39. The maximum absolute atomic E-state index is 10.0. The largest absolute Gasteiger partial charge is 0.508 e. The highest BCUT2D eigenvalue weighted by Gasteiger charge is 2.10. The van der Waals surface area contributed by atoms with Gasteiger partial charge in [0.1, 0.15) is 5.75 Å². The van der Waals surface area contributed by atoms with Crippen LogP contribution in [0.25, 0.3) is 0 Å². The lowest BCUT2D eigenvalue weighted by molar-refractivity contribution is 0.172. The Bertz CT molecular complexity index is 350. The molecule has 0 saturated carbocycles. The van der Waals surface area contributed by atoms with Crippen LogP contribution in [0.5, 0.6) is 5.75 Å². The molecule has 0 heterocycles. The van der Waals surface area contributed by atoms with Crippen molar-refractivity contribution in [3.63, 3.8) is 0 Å². The van der Waals surface area contributed by atoms with Gasteiger partial charge in [-0.1, -0.05) is 39.3 Å². The zero-order chi connectivity index (χ0) is 14.3.